The van der Waals surface area contributed by atoms with Crippen molar-refractivity contribution in [2.75, 3.05) is 0 Å². The molecular formula is C18H19ClN4O3S. The molecule has 142 valence electrons. The maximum atomic E-state index is 12.5. The van der Waals surface area contributed by atoms with Crippen molar-refractivity contribution in [2.45, 2.75) is 31.2 Å². The Morgan fingerprint density at radius 3 is 2.67 bits per heavy atom. The smallest absolute Gasteiger partial charge is 0.240 e. The Morgan fingerprint density at radius 1 is 1.22 bits per heavy atom. The molecule has 0 bridgehead atoms. The first-order valence-electron chi connectivity index (χ1n) is 8.35. The summed E-state index contributed by atoms with van der Waals surface area (Å²) in [7, 11) is -3.68. The molecule has 0 spiro atoms. The normalized spacial score (nSPS) is 13.4. The third kappa shape index (κ3) is 4.13. The van der Waals surface area contributed by atoms with Crippen molar-refractivity contribution in [3.05, 3.63) is 47.5 Å². The molecule has 7 nitrogen and oxygen atoms in total. The summed E-state index contributed by atoms with van der Waals surface area (Å²) in [6.07, 6.45) is 0.670. The zero-order valence-electron chi connectivity index (χ0n) is 14.8. The number of benzene rings is 2. The molecule has 0 aliphatic rings. The largest absolute Gasteiger partial charge is 0.493 e. The number of nitrogens with one attached hydrogen (secondary N) is 2. The zero-order valence-corrected chi connectivity index (χ0v) is 16.3. The van der Waals surface area contributed by atoms with Crippen molar-refractivity contribution in [1.29, 1.82) is 0 Å². The number of nitrogens with zero attached hydrogens (tertiary/aromatic N) is 2. The van der Waals surface area contributed by atoms with E-state index in [9.17, 15) is 13.5 Å². The minimum absolute atomic E-state index is 0.0866. The van der Waals surface area contributed by atoms with E-state index in [1.165, 1.54) is 12.1 Å². The van der Waals surface area contributed by atoms with Gasteiger partial charge in [0.1, 0.15) is 5.69 Å². The van der Waals surface area contributed by atoms with E-state index in [2.05, 4.69) is 19.9 Å². The number of aromatic amines is 1. The van der Waals surface area contributed by atoms with Crippen molar-refractivity contribution in [2.24, 2.45) is 10.2 Å². The van der Waals surface area contributed by atoms with E-state index in [1.54, 1.807) is 37.3 Å². The summed E-state index contributed by atoms with van der Waals surface area (Å²) in [6.45, 7) is 3.69. The standard InChI is InChI=1S/C18H19ClN4O3S/c1-3-11(2)23-27(25,26)12-8-9-15-13(10-12)17(18(24)20-15)22-21-16-7-5-4-6-14(16)19/h4-11,20,23-24H,3H2,1-2H3. The molecule has 1 heterocycles. The summed E-state index contributed by atoms with van der Waals surface area (Å²) in [5, 5.41) is 19.1. The number of H-pyrrole nitrogens is 1. The number of fused-ring (bicyclic) bond motifs is 1. The lowest BCUT2D eigenvalue weighted by atomic mass is 10.2. The SMILES string of the molecule is CCC(C)NS(=O)(=O)c1ccc2[nH]c(O)c(N=Nc3ccccc3Cl)c2c1. The van der Waals surface area contributed by atoms with E-state index in [4.69, 9.17) is 11.6 Å². The molecule has 27 heavy (non-hydrogen) atoms. The third-order valence-corrected chi connectivity index (χ3v) is 6.02. The van der Waals surface area contributed by atoms with E-state index < -0.39 is 10.0 Å². The van der Waals surface area contributed by atoms with Crippen LogP contribution in [0.2, 0.25) is 5.02 Å². The molecule has 9 heteroatoms. The van der Waals surface area contributed by atoms with Gasteiger partial charge in [0, 0.05) is 11.4 Å². The lowest BCUT2D eigenvalue weighted by molar-refractivity contribution is 0.459. The van der Waals surface area contributed by atoms with Gasteiger partial charge < -0.3 is 10.1 Å². The predicted molar refractivity (Wildman–Crippen MR) is 106 cm³/mol. The molecule has 0 saturated heterocycles. The van der Waals surface area contributed by atoms with Gasteiger partial charge in [0.15, 0.2) is 5.69 Å². The average Bonchev–Trinajstić information content (AvgIpc) is 2.95. The number of aromatic hydroxyl groups is 1. The first kappa shape index (κ1) is 19.3. The second-order valence-corrected chi connectivity index (χ2v) is 8.23. The molecule has 1 unspecified atom stereocenters. The number of hydrogen-bond acceptors (Lipinski definition) is 5. The maximum absolute atomic E-state index is 12.5. The Kier molecular flexibility index (Phi) is 5.50. The lowest BCUT2D eigenvalue weighted by Gasteiger charge is -2.12. The van der Waals surface area contributed by atoms with Crippen LogP contribution in [-0.2, 0) is 10.0 Å². The molecule has 3 aromatic rings. The van der Waals surface area contributed by atoms with Gasteiger partial charge in [0.05, 0.1) is 15.4 Å². The lowest BCUT2D eigenvalue weighted by Crippen LogP contribution is -2.31. The van der Waals surface area contributed by atoms with Crippen molar-refractivity contribution < 1.29 is 13.5 Å². The van der Waals surface area contributed by atoms with E-state index >= 15 is 0 Å². The zero-order chi connectivity index (χ0) is 19.6. The van der Waals surface area contributed by atoms with Crippen molar-refractivity contribution in [1.82, 2.24) is 9.71 Å². The monoisotopic (exact) mass is 406 g/mol. The van der Waals surface area contributed by atoms with Gasteiger partial charge in [0.2, 0.25) is 15.9 Å². The predicted octanol–water partition coefficient (Wildman–Crippen LogP) is 5.02. The number of rotatable bonds is 6. The molecule has 1 aromatic heterocycles. The summed E-state index contributed by atoms with van der Waals surface area (Å²) in [6, 6.07) is 11.2. The first-order valence-corrected chi connectivity index (χ1v) is 10.2. The van der Waals surface area contributed by atoms with E-state index in [0.717, 1.165) is 0 Å². The van der Waals surface area contributed by atoms with Gasteiger partial charge in [-0.1, -0.05) is 30.7 Å². The van der Waals surface area contributed by atoms with Crippen LogP contribution in [0.5, 0.6) is 5.88 Å². The van der Waals surface area contributed by atoms with Gasteiger partial charge in [-0.25, -0.2) is 13.1 Å². The number of halogens is 1. The second kappa shape index (κ2) is 7.67. The minimum atomic E-state index is -3.68. The van der Waals surface area contributed by atoms with Crippen LogP contribution < -0.4 is 4.72 Å². The highest BCUT2D eigenvalue weighted by molar-refractivity contribution is 7.89. The molecule has 1 atom stereocenters. The van der Waals surface area contributed by atoms with Crippen LogP contribution in [0.1, 0.15) is 20.3 Å². The highest BCUT2D eigenvalue weighted by Crippen LogP contribution is 2.38. The van der Waals surface area contributed by atoms with Crippen LogP contribution in [0.25, 0.3) is 10.9 Å². The van der Waals surface area contributed by atoms with Gasteiger partial charge in [-0.2, -0.15) is 0 Å². The summed E-state index contributed by atoms with van der Waals surface area (Å²) in [5.41, 5.74) is 1.13. The fraction of sp³-hybridized carbons (Fsp3) is 0.222. The summed E-state index contributed by atoms with van der Waals surface area (Å²) in [5.74, 6) is -0.203. The Morgan fingerprint density at radius 2 is 1.96 bits per heavy atom. The van der Waals surface area contributed by atoms with Gasteiger partial charge in [-0.3, -0.25) is 0 Å². The number of azo groups is 1. The highest BCUT2D eigenvalue weighted by Gasteiger charge is 2.19. The number of hydrogen-bond donors (Lipinski definition) is 3. The summed E-state index contributed by atoms with van der Waals surface area (Å²) in [4.78, 5) is 2.85. The van der Waals surface area contributed by atoms with Crippen molar-refractivity contribution in [3.8, 4) is 5.88 Å². The van der Waals surface area contributed by atoms with Crippen LogP contribution >= 0.6 is 11.6 Å². The van der Waals surface area contributed by atoms with E-state index in [-0.39, 0.29) is 22.5 Å². The number of sulfonamides is 1. The molecule has 0 saturated carbocycles. The molecule has 0 amide bonds. The summed E-state index contributed by atoms with van der Waals surface area (Å²) < 4.78 is 27.7. The molecule has 0 aliphatic heterocycles. The van der Waals surface area contributed by atoms with Gasteiger partial charge in [0.25, 0.3) is 0 Å². The molecular weight excluding hydrogens is 388 g/mol. The van der Waals surface area contributed by atoms with Gasteiger partial charge in [-0.05, 0) is 43.7 Å². The quantitative estimate of drug-likeness (QED) is 0.500. The molecule has 3 rings (SSSR count). The summed E-state index contributed by atoms with van der Waals surface area (Å²) >= 11 is 6.06. The van der Waals surface area contributed by atoms with Gasteiger partial charge in [-0.15, -0.1) is 10.2 Å². The Balaban J connectivity index is 2.04. The molecule has 0 aliphatic carbocycles. The average molecular weight is 407 g/mol. The number of aromatic nitrogens is 1. The highest BCUT2D eigenvalue weighted by atomic mass is 35.5. The minimum Gasteiger partial charge on any atom is -0.493 e. The molecule has 0 fully saturated rings. The van der Waals surface area contributed by atoms with Crippen LogP contribution in [-0.4, -0.2) is 24.6 Å². The first-order chi connectivity index (χ1) is 12.8. The van der Waals surface area contributed by atoms with E-state index in [1.807, 2.05) is 6.92 Å². The fourth-order valence-corrected chi connectivity index (χ4v) is 3.99. The maximum Gasteiger partial charge on any atom is 0.240 e. The topological polar surface area (TPSA) is 107 Å². The third-order valence-electron chi connectivity index (χ3n) is 4.11. The van der Waals surface area contributed by atoms with Crippen molar-refractivity contribution in [3.63, 3.8) is 0 Å². The second-order valence-electron chi connectivity index (χ2n) is 6.11. The van der Waals surface area contributed by atoms with Crippen molar-refractivity contribution >= 4 is 43.9 Å². The molecule has 3 N–H and O–H groups in total. The molecule has 2 aromatic carbocycles. The van der Waals surface area contributed by atoms with E-state index in [0.29, 0.717) is 28.0 Å². The van der Waals surface area contributed by atoms with Crippen LogP contribution in [0.15, 0.2) is 57.6 Å². The van der Waals surface area contributed by atoms with Gasteiger partial charge >= 0.3 is 0 Å². The fourth-order valence-electron chi connectivity index (χ4n) is 2.46. The van der Waals surface area contributed by atoms with Crippen LogP contribution in [0.4, 0.5) is 11.4 Å². The van der Waals surface area contributed by atoms with Crippen LogP contribution in [0.3, 0.4) is 0 Å². The Bertz CT molecular complexity index is 1110. The van der Waals surface area contributed by atoms with Crippen LogP contribution in [0, 0.1) is 0 Å². The Hall–Kier alpha value is -2.42. The molecule has 0 radical (unpaired) electrons. The Labute approximate surface area is 162 Å².